The third-order valence-electron chi connectivity index (χ3n) is 2.01. The number of nitriles is 1. The van der Waals surface area contributed by atoms with Gasteiger partial charge in [0.1, 0.15) is 6.07 Å². The Labute approximate surface area is 85.4 Å². The summed E-state index contributed by atoms with van der Waals surface area (Å²) in [5.41, 5.74) is 0.979. The number of halogens is 1. The zero-order valence-corrected chi connectivity index (χ0v) is 7.86. The number of rotatable bonds is 0. The molecule has 1 N–H and O–H groups in total. The van der Waals surface area contributed by atoms with Crippen molar-refractivity contribution >= 4 is 22.5 Å². The van der Waals surface area contributed by atoms with E-state index in [0.29, 0.717) is 21.5 Å². The van der Waals surface area contributed by atoms with E-state index in [9.17, 15) is 5.21 Å². The molecule has 0 spiro atoms. The van der Waals surface area contributed by atoms with Gasteiger partial charge in [-0.1, -0.05) is 17.7 Å². The van der Waals surface area contributed by atoms with Crippen molar-refractivity contribution in [1.29, 1.82) is 5.26 Å². The second-order valence-electron chi connectivity index (χ2n) is 2.82. The molecule has 0 radical (unpaired) electrons. The van der Waals surface area contributed by atoms with Crippen molar-refractivity contribution in [2.45, 2.75) is 0 Å². The van der Waals surface area contributed by atoms with Crippen LogP contribution in [-0.2, 0) is 0 Å². The lowest BCUT2D eigenvalue weighted by Gasteiger charge is -1.97. The van der Waals surface area contributed by atoms with E-state index in [4.69, 9.17) is 16.9 Å². The highest BCUT2D eigenvalue weighted by atomic mass is 35.5. The molecule has 2 aromatic rings. The molecule has 0 unspecified atom stereocenters. The Bertz CT molecular complexity index is 546. The molecule has 14 heavy (non-hydrogen) atoms. The van der Waals surface area contributed by atoms with Gasteiger partial charge in [0.05, 0.1) is 16.0 Å². The van der Waals surface area contributed by atoms with Crippen molar-refractivity contribution in [1.82, 2.24) is 0 Å². The maximum Gasteiger partial charge on any atom is 0.267 e. The highest BCUT2D eigenvalue weighted by molar-refractivity contribution is 6.35. The third-order valence-corrected chi connectivity index (χ3v) is 2.33. The van der Waals surface area contributed by atoms with Crippen LogP contribution in [0.1, 0.15) is 5.56 Å². The second kappa shape index (κ2) is 3.17. The minimum atomic E-state index is 0.455. The van der Waals surface area contributed by atoms with Crippen LogP contribution in [0.4, 0.5) is 0 Å². The molecule has 0 amide bonds. The Morgan fingerprint density at radius 3 is 2.86 bits per heavy atom. The van der Waals surface area contributed by atoms with Gasteiger partial charge in [0.2, 0.25) is 6.20 Å². The normalized spacial score (nSPS) is 10.0. The summed E-state index contributed by atoms with van der Waals surface area (Å²) in [7, 11) is 0. The van der Waals surface area contributed by atoms with Gasteiger partial charge < -0.3 is 0 Å². The average molecular weight is 206 g/mol. The zero-order valence-electron chi connectivity index (χ0n) is 7.11. The largest absolute Gasteiger partial charge is 0.285 e. The van der Waals surface area contributed by atoms with Crippen molar-refractivity contribution in [2.24, 2.45) is 0 Å². The number of nitrogens with zero attached hydrogens (tertiary/aromatic N) is 2. The van der Waals surface area contributed by atoms with Crippen LogP contribution in [0.2, 0.25) is 5.02 Å². The van der Waals surface area contributed by atoms with E-state index in [0.717, 1.165) is 4.73 Å². The summed E-state index contributed by atoms with van der Waals surface area (Å²) in [6.45, 7) is 0. The van der Waals surface area contributed by atoms with Gasteiger partial charge in [-0.3, -0.25) is 5.21 Å². The van der Waals surface area contributed by atoms with E-state index < -0.39 is 0 Å². The van der Waals surface area contributed by atoms with Gasteiger partial charge in [0, 0.05) is 16.9 Å². The molecule has 1 aromatic heterocycles. The lowest BCUT2D eigenvalue weighted by molar-refractivity contribution is -0.884. The first-order valence-electron chi connectivity index (χ1n) is 3.96. The first-order valence-corrected chi connectivity index (χ1v) is 4.34. The van der Waals surface area contributed by atoms with Gasteiger partial charge in [0.15, 0.2) is 0 Å². The van der Waals surface area contributed by atoms with E-state index >= 15 is 0 Å². The molecule has 1 aromatic carbocycles. The lowest BCUT2D eigenvalue weighted by Crippen LogP contribution is -2.30. The van der Waals surface area contributed by atoms with Gasteiger partial charge in [-0.05, 0) is 6.07 Å². The summed E-state index contributed by atoms with van der Waals surface area (Å²) in [5, 5.41) is 19.3. The predicted molar refractivity (Wildman–Crippen MR) is 51.1 cm³/mol. The summed E-state index contributed by atoms with van der Waals surface area (Å²) in [4.78, 5) is 0. The van der Waals surface area contributed by atoms with Crippen molar-refractivity contribution in [3.05, 3.63) is 41.0 Å². The Hall–Kier alpha value is -1.79. The maximum atomic E-state index is 9.46. The highest BCUT2D eigenvalue weighted by Crippen LogP contribution is 2.23. The van der Waals surface area contributed by atoms with Crippen LogP contribution in [0.5, 0.6) is 0 Å². The van der Waals surface area contributed by atoms with Gasteiger partial charge >= 0.3 is 0 Å². The van der Waals surface area contributed by atoms with Crippen molar-refractivity contribution in [3.8, 4) is 6.07 Å². The fraction of sp³-hybridized carbons (Fsp3) is 0. The summed E-state index contributed by atoms with van der Waals surface area (Å²) in [6.07, 6.45) is 1.44. The Kier molecular flexibility index (Phi) is 1.99. The molecule has 0 atom stereocenters. The number of aromatic nitrogens is 1. The summed E-state index contributed by atoms with van der Waals surface area (Å²) < 4.78 is 0.946. The first kappa shape index (κ1) is 8.79. The number of fused-ring (bicyclic) bond motifs is 1. The van der Waals surface area contributed by atoms with Crippen LogP contribution in [0.25, 0.3) is 10.9 Å². The number of pyridine rings is 1. The summed E-state index contributed by atoms with van der Waals surface area (Å²) in [5.74, 6) is 0. The Morgan fingerprint density at radius 1 is 1.36 bits per heavy atom. The number of benzene rings is 1. The highest BCUT2D eigenvalue weighted by Gasteiger charge is 2.13. The standard InChI is InChI=1S/C10H6ClN2O/c11-8-4-5-13(14)9-3-1-2-7(6-12)10(8)9/h1-5,14H/q+1. The summed E-state index contributed by atoms with van der Waals surface area (Å²) >= 11 is 5.94. The van der Waals surface area contributed by atoms with Crippen LogP contribution in [0, 0.1) is 11.3 Å². The van der Waals surface area contributed by atoms with Crippen molar-refractivity contribution < 1.29 is 9.94 Å². The molecule has 4 heteroatoms. The molecular weight excluding hydrogens is 200 g/mol. The Morgan fingerprint density at radius 2 is 2.14 bits per heavy atom. The maximum absolute atomic E-state index is 9.46. The van der Waals surface area contributed by atoms with E-state index in [2.05, 4.69) is 0 Å². The van der Waals surface area contributed by atoms with Crippen LogP contribution in [0.3, 0.4) is 0 Å². The van der Waals surface area contributed by atoms with Gasteiger partial charge in [-0.15, -0.1) is 0 Å². The summed E-state index contributed by atoms with van der Waals surface area (Å²) in [6, 6.07) is 8.63. The number of hydrogen-bond donors (Lipinski definition) is 1. The minimum absolute atomic E-state index is 0.455. The van der Waals surface area contributed by atoms with Gasteiger partial charge in [-0.25, -0.2) is 0 Å². The van der Waals surface area contributed by atoms with Crippen molar-refractivity contribution in [3.63, 3.8) is 0 Å². The van der Waals surface area contributed by atoms with Crippen molar-refractivity contribution in [2.75, 3.05) is 0 Å². The van der Waals surface area contributed by atoms with E-state index in [1.54, 1.807) is 24.3 Å². The Balaban J connectivity index is 3.01. The van der Waals surface area contributed by atoms with Crippen LogP contribution >= 0.6 is 11.6 Å². The van der Waals surface area contributed by atoms with Crippen LogP contribution < -0.4 is 4.73 Å². The molecule has 0 aliphatic heterocycles. The smallest absolute Gasteiger partial charge is 0.267 e. The fourth-order valence-corrected chi connectivity index (χ4v) is 1.63. The average Bonchev–Trinajstić information content (AvgIpc) is 2.23. The molecule has 68 valence electrons. The predicted octanol–water partition coefficient (Wildman–Crippen LogP) is 1.89. The molecule has 2 rings (SSSR count). The second-order valence-corrected chi connectivity index (χ2v) is 3.23. The molecule has 1 heterocycles. The molecule has 0 fully saturated rings. The zero-order chi connectivity index (χ0) is 10.1. The monoisotopic (exact) mass is 205 g/mol. The fourth-order valence-electron chi connectivity index (χ4n) is 1.37. The van der Waals surface area contributed by atoms with Crippen LogP contribution in [-0.4, -0.2) is 5.21 Å². The lowest BCUT2D eigenvalue weighted by atomic mass is 10.1. The first-order chi connectivity index (χ1) is 6.74. The number of hydrogen-bond acceptors (Lipinski definition) is 2. The van der Waals surface area contributed by atoms with Crippen LogP contribution in [0.15, 0.2) is 30.5 Å². The SMILES string of the molecule is N#Cc1cccc2c1c(Cl)cc[n+]2O. The van der Waals surface area contributed by atoms with Gasteiger partial charge in [-0.2, -0.15) is 5.26 Å². The molecule has 0 aliphatic rings. The molecule has 3 nitrogen and oxygen atoms in total. The molecule has 0 bridgehead atoms. The van der Waals surface area contributed by atoms with E-state index in [1.807, 2.05) is 6.07 Å². The minimum Gasteiger partial charge on any atom is -0.285 e. The van der Waals surface area contributed by atoms with Gasteiger partial charge in [0.25, 0.3) is 5.52 Å². The molecule has 0 saturated heterocycles. The third kappa shape index (κ3) is 1.17. The topological polar surface area (TPSA) is 47.9 Å². The van der Waals surface area contributed by atoms with E-state index in [1.165, 1.54) is 6.20 Å². The molecule has 0 saturated carbocycles. The quantitative estimate of drug-likeness (QED) is 0.528. The molecule has 0 aliphatic carbocycles. The van der Waals surface area contributed by atoms with E-state index in [-0.39, 0.29) is 0 Å². The molecular formula is C10H6ClN2O+.